The first-order valence-corrected chi connectivity index (χ1v) is 6.13. The van der Waals surface area contributed by atoms with Gasteiger partial charge in [-0.2, -0.15) is 5.10 Å². The Morgan fingerprint density at radius 2 is 2.33 bits per heavy atom. The number of hydrogen-bond acceptors (Lipinski definition) is 5. The Balaban J connectivity index is 2.00. The van der Waals surface area contributed by atoms with Crippen LogP contribution in [-0.2, 0) is 11.8 Å². The van der Waals surface area contributed by atoms with Gasteiger partial charge in [-0.3, -0.25) is 4.68 Å². The van der Waals surface area contributed by atoms with E-state index in [4.69, 9.17) is 4.74 Å². The van der Waals surface area contributed by atoms with Crippen molar-refractivity contribution >= 4 is 16.9 Å². The third-order valence-electron chi connectivity index (χ3n) is 3.82. The molecule has 1 fully saturated rings. The highest BCUT2D eigenvalue weighted by molar-refractivity contribution is 5.86. The lowest BCUT2D eigenvalue weighted by molar-refractivity contribution is 0.105. The number of aromatic nitrogens is 4. The number of ether oxygens (including phenoxy) is 1. The second kappa shape index (κ2) is 3.91. The van der Waals surface area contributed by atoms with Crippen LogP contribution in [0.15, 0.2) is 12.5 Å². The van der Waals surface area contributed by atoms with E-state index in [0.717, 1.165) is 29.9 Å². The molecule has 6 heteroatoms. The second-order valence-corrected chi connectivity index (χ2v) is 5.03. The first-order valence-electron chi connectivity index (χ1n) is 6.13. The van der Waals surface area contributed by atoms with Gasteiger partial charge in [0.1, 0.15) is 12.1 Å². The van der Waals surface area contributed by atoms with Crippen LogP contribution in [0, 0.1) is 0 Å². The standard InChI is InChI=1S/C12H17N5O/c1-8-12(2,4-5-18-8)16-10-9-6-15-17(3)11(9)14-7-13-10/h6-8H,4-5H2,1-3H3,(H,13,14,16). The minimum atomic E-state index is -0.0862. The molecule has 0 aliphatic carbocycles. The van der Waals surface area contributed by atoms with Crippen molar-refractivity contribution in [2.45, 2.75) is 31.9 Å². The Kier molecular flexibility index (Phi) is 2.48. The molecule has 18 heavy (non-hydrogen) atoms. The molecule has 3 heterocycles. The highest BCUT2D eigenvalue weighted by Gasteiger charge is 2.37. The molecule has 1 saturated heterocycles. The quantitative estimate of drug-likeness (QED) is 0.867. The molecule has 3 rings (SSSR count). The fourth-order valence-electron chi connectivity index (χ4n) is 2.33. The Morgan fingerprint density at radius 1 is 1.50 bits per heavy atom. The lowest BCUT2D eigenvalue weighted by Crippen LogP contribution is -2.41. The minimum Gasteiger partial charge on any atom is -0.376 e. The largest absolute Gasteiger partial charge is 0.376 e. The van der Waals surface area contributed by atoms with Crippen LogP contribution in [-0.4, -0.2) is 38.0 Å². The zero-order valence-corrected chi connectivity index (χ0v) is 10.8. The average molecular weight is 247 g/mol. The van der Waals surface area contributed by atoms with E-state index in [1.807, 2.05) is 7.05 Å². The maximum absolute atomic E-state index is 5.63. The first-order chi connectivity index (χ1) is 8.60. The summed E-state index contributed by atoms with van der Waals surface area (Å²) in [5.74, 6) is 0.827. The molecule has 0 bridgehead atoms. The highest BCUT2D eigenvalue weighted by Crippen LogP contribution is 2.30. The predicted octanol–water partition coefficient (Wildman–Crippen LogP) is 1.34. The van der Waals surface area contributed by atoms with Gasteiger partial charge in [-0.25, -0.2) is 9.97 Å². The summed E-state index contributed by atoms with van der Waals surface area (Å²) in [4.78, 5) is 8.57. The van der Waals surface area contributed by atoms with E-state index >= 15 is 0 Å². The van der Waals surface area contributed by atoms with Gasteiger partial charge in [-0.05, 0) is 20.3 Å². The third-order valence-corrected chi connectivity index (χ3v) is 3.82. The van der Waals surface area contributed by atoms with Crippen molar-refractivity contribution in [3.05, 3.63) is 12.5 Å². The van der Waals surface area contributed by atoms with Gasteiger partial charge in [0, 0.05) is 13.7 Å². The molecule has 96 valence electrons. The normalized spacial score (nSPS) is 27.8. The molecule has 1 aliphatic heterocycles. The third kappa shape index (κ3) is 1.64. The molecule has 1 aliphatic rings. The molecule has 6 nitrogen and oxygen atoms in total. The molecule has 0 saturated carbocycles. The molecule has 2 atom stereocenters. The van der Waals surface area contributed by atoms with Crippen LogP contribution in [0.4, 0.5) is 5.82 Å². The van der Waals surface area contributed by atoms with E-state index in [2.05, 4.69) is 34.2 Å². The summed E-state index contributed by atoms with van der Waals surface area (Å²) in [5, 5.41) is 8.65. The lowest BCUT2D eigenvalue weighted by atomic mass is 9.94. The van der Waals surface area contributed by atoms with Gasteiger partial charge in [-0.1, -0.05) is 0 Å². The Hall–Kier alpha value is -1.69. The minimum absolute atomic E-state index is 0.0862. The van der Waals surface area contributed by atoms with Gasteiger partial charge >= 0.3 is 0 Å². The summed E-state index contributed by atoms with van der Waals surface area (Å²) in [5.41, 5.74) is 0.750. The van der Waals surface area contributed by atoms with Gasteiger partial charge in [-0.15, -0.1) is 0 Å². The van der Waals surface area contributed by atoms with Gasteiger partial charge in [0.15, 0.2) is 5.65 Å². The average Bonchev–Trinajstić information content (AvgIpc) is 2.86. The summed E-state index contributed by atoms with van der Waals surface area (Å²) in [6.45, 7) is 5.03. The Morgan fingerprint density at radius 3 is 3.06 bits per heavy atom. The van der Waals surface area contributed by atoms with E-state index in [0.29, 0.717) is 0 Å². The predicted molar refractivity (Wildman–Crippen MR) is 68.4 cm³/mol. The fourth-order valence-corrected chi connectivity index (χ4v) is 2.33. The Bertz CT molecular complexity index is 581. The number of fused-ring (bicyclic) bond motifs is 1. The molecular weight excluding hydrogens is 230 g/mol. The van der Waals surface area contributed by atoms with Crippen molar-refractivity contribution in [1.29, 1.82) is 0 Å². The van der Waals surface area contributed by atoms with E-state index in [1.54, 1.807) is 17.2 Å². The van der Waals surface area contributed by atoms with Crippen LogP contribution < -0.4 is 5.32 Å². The monoisotopic (exact) mass is 247 g/mol. The summed E-state index contributed by atoms with van der Waals surface area (Å²) >= 11 is 0. The maximum atomic E-state index is 5.63. The smallest absolute Gasteiger partial charge is 0.163 e. The van der Waals surface area contributed by atoms with Crippen molar-refractivity contribution in [2.24, 2.45) is 7.05 Å². The van der Waals surface area contributed by atoms with Crippen LogP contribution in [0.3, 0.4) is 0 Å². The molecule has 2 aromatic rings. The van der Waals surface area contributed by atoms with Gasteiger partial charge < -0.3 is 10.1 Å². The second-order valence-electron chi connectivity index (χ2n) is 5.03. The van der Waals surface area contributed by atoms with Crippen molar-refractivity contribution in [2.75, 3.05) is 11.9 Å². The molecular formula is C12H17N5O. The topological polar surface area (TPSA) is 64.9 Å². The fraction of sp³-hybridized carbons (Fsp3) is 0.583. The molecule has 2 unspecified atom stereocenters. The summed E-state index contributed by atoms with van der Waals surface area (Å²) < 4.78 is 7.38. The van der Waals surface area contributed by atoms with Crippen molar-refractivity contribution in [3.8, 4) is 0 Å². The SMILES string of the molecule is CC1OCCC1(C)Nc1ncnc2c1cnn2C. The number of nitrogens with one attached hydrogen (secondary N) is 1. The van der Waals surface area contributed by atoms with Gasteiger partial charge in [0.2, 0.25) is 0 Å². The van der Waals surface area contributed by atoms with Gasteiger partial charge in [0.25, 0.3) is 0 Å². The van der Waals surface area contributed by atoms with Crippen molar-refractivity contribution in [3.63, 3.8) is 0 Å². The van der Waals surface area contributed by atoms with Crippen LogP contribution in [0.2, 0.25) is 0 Å². The number of hydrogen-bond donors (Lipinski definition) is 1. The summed E-state index contributed by atoms with van der Waals surface area (Å²) in [6, 6.07) is 0. The highest BCUT2D eigenvalue weighted by atomic mass is 16.5. The number of nitrogens with zero attached hydrogens (tertiary/aromatic N) is 4. The molecule has 0 aromatic carbocycles. The van der Waals surface area contributed by atoms with E-state index in [9.17, 15) is 0 Å². The summed E-state index contributed by atoms with van der Waals surface area (Å²) in [6.07, 6.45) is 4.50. The van der Waals surface area contributed by atoms with Crippen LogP contribution >= 0.6 is 0 Å². The number of rotatable bonds is 2. The van der Waals surface area contributed by atoms with Gasteiger partial charge in [0.05, 0.1) is 23.2 Å². The molecule has 2 aromatic heterocycles. The Labute approximate surface area is 105 Å². The van der Waals surface area contributed by atoms with Crippen LogP contribution in [0.5, 0.6) is 0 Å². The molecule has 0 spiro atoms. The first kappa shape index (κ1) is 11.4. The number of aryl methyl sites for hydroxylation is 1. The summed E-state index contributed by atoms with van der Waals surface area (Å²) in [7, 11) is 1.88. The van der Waals surface area contributed by atoms with E-state index < -0.39 is 0 Å². The van der Waals surface area contributed by atoms with Crippen molar-refractivity contribution < 1.29 is 4.74 Å². The van der Waals surface area contributed by atoms with Crippen LogP contribution in [0.25, 0.3) is 11.0 Å². The zero-order valence-electron chi connectivity index (χ0n) is 10.8. The van der Waals surface area contributed by atoms with Crippen LogP contribution in [0.1, 0.15) is 20.3 Å². The zero-order chi connectivity index (χ0) is 12.8. The molecule has 0 amide bonds. The van der Waals surface area contributed by atoms with E-state index in [1.165, 1.54) is 0 Å². The lowest BCUT2D eigenvalue weighted by Gasteiger charge is -2.29. The van der Waals surface area contributed by atoms with Crippen molar-refractivity contribution in [1.82, 2.24) is 19.7 Å². The molecule has 1 N–H and O–H groups in total. The number of anilines is 1. The molecule has 0 radical (unpaired) electrons. The van der Waals surface area contributed by atoms with E-state index in [-0.39, 0.29) is 11.6 Å². The maximum Gasteiger partial charge on any atom is 0.163 e.